The molecule has 0 saturated carbocycles. The maximum Gasteiger partial charge on any atom is 0.246 e. The Hall–Kier alpha value is -1.36. The first-order valence-corrected chi connectivity index (χ1v) is 6.67. The highest BCUT2D eigenvalue weighted by molar-refractivity contribution is 5.96. The van der Waals surface area contributed by atoms with Gasteiger partial charge in [-0.2, -0.15) is 0 Å². The number of ether oxygens (including phenoxy) is 1. The van der Waals surface area contributed by atoms with Gasteiger partial charge in [0.05, 0.1) is 13.2 Å². The minimum Gasteiger partial charge on any atom is -0.375 e. The van der Waals surface area contributed by atoms with Crippen LogP contribution in [0.1, 0.15) is 27.7 Å². The summed E-state index contributed by atoms with van der Waals surface area (Å²) in [6.45, 7) is 12.6. The van der Waals surface area contributed by atoms with Crippen LogP contribution in [-0.2, 0) is 14.3 Å². The molecule has 0 aliphatic carbocycles. The number of hydrogen-bond donors (Lipinski definition) is 1. The second-order valence-electron chi connectivity index (χ2n) is 5.45. The Balaban J connectivity index is 2.59. The lowest BCUT2D eigenvalue weighted by Crippen LogP contribution is -2.64. The van der Waals surface area contributed by atoms with Crippen molar-refractivity contribution in [3.8, 4) is 0 Å². The smallest absolute Gasteiger partial charge is 0.246 e. The van der Waals surface area contributed by atoms with Crippen LogP contribution in [-0.4, -0.2) is 48.6 Å². The summed E-state index contributed by atoms with van der Waals surface area (Å²) in [4.78, 5) is 25.7. The Morgan fingerprint density at radius 2 is 2.11 bits per heavy atom. The molecule has 5 heteroatoms. The summed E-state index contributed by atoms with van der Waals surface area (Å²) in [5, 5.41) is 2.77. The van der Waals surface area contributed by atoms with Crippen molar-refractivity contribution in [2.45, 2.75) is 39.8 Å². The van der Waals surface area contributed by atoms with E-state index in [1.807, 2.05) is 20.8 Å². The van der Waals surface area contributed by atoms with Crippen LogP contribution in [0.5, 0.6) is 0 Å². The molecule has 0 radical (unpaired) electrons. The number of nitrogens with one attached hydrogen (secondary N) is 1. The van der Waals surface area contributed by atoms with Crippen LogP contribution in [0.15, 0.2) is 12.2 Å². The second kappa shape index (κ2) is 6.70. The molecule has 1 aliphatic heterocycles. The van der Waals surface area contributed by atoms with E-state index in [-0.39, 0.29) is 17.7 Å². The highest BCUT2D eigenvalue weighted by atomic mass is 16.5. The third kappa shape index (κ3) is 4.06. The minimum atomic E-state index is -0.434. The van der Waals surface area contributed by atoms with Crippen molar-refractivity contribution in [1.29, 1.82) is 0 Å². The molecule has 1 N–H and O–H groups in total. The van der Waals surface area contributed by atoms with Gasteiger partial charge in [-0.3, -0.25) is 9.59 Å². The predicted molar refractivity (Wildman–Crippen MR) is 73.6 cm³/mol. The number of amides is 2. The van der Waals surface area contributed by atoms with Gasteiger partial charge in [-0.1, -0.05) is 26.0 Å². The van der Waals surface area contributed by atoms with Gasteiger partial charge in [-0.25, -0.2) is 0 Å². The van der Waals surface area contributed by atoms with Gasteiger partial charge >= 0.3 is 0 Å². The first kappa shape index (κ1) is 15.7. The van der Waals surface area contributed by atoms with Crippen molar-refractivity contribution in [2.75, 3.05) is 19.8 Å². The molecular formula is C14H24N2O3. The zero-order valence-corrected chi connectivity index (χ0v) is 12.2. The lowest BCUT2D eigenvalue weighted by Gasteiger charge is -2.38. The summed E-state index contributed by atoms with van der Waals surface area (Å²) in [5.74, 6) is -0.0398. The molecule has 1 fully saturated rings. The molecule has 1 heterocycles. The van der Waals surface area contributed by atoms with Gasteiger partial charge in [-0.05, 0) is 19.8 Å². The van der Waals surface area contributed by atoms with Crippen molar-refractivity contribution in [3.63, 3.8) is 0 Å². The Kier molecular flexibility index (Phi) is 5.54. The standard InChI is InChI=1S/C14H24N2O3/c1-9(2)8-19-7-6-16-11(5)13(17)15-12(10(3)4)14(16)18/h10-12H,1,6-8H2,2-5H3,(H,15,17). The summed E-state index contributed by atoms with van der Waals surface area (Å²) in [5.41, 5.74) is 0.941. The van der Waals surface area contributed by atoms with Crippen LogP contribution in [0.2, 0.25) is 0 Å². The van der Waals surface area contributed by atoms with Gasteiger partial charge in [0, 0.05) is 6.54 Å². The molecule has 2 unspecified atom stereocenters. The van der Waals surface area contributed by atoms with E-state index in [9.17, 15) is 9.59 Å². The molecule has 0 aromatic carbocycles. The highest BCUT2D eigenvalue weighted by Crippen LogP contribution is 2.15. The second-order valence-corrected chi connectivity index (χ2v) is 5.45. The Bertz CT molecular complexity index is 366. The van der Waals surface area contributed by atoms with Crippen molar-refractivity contribution in [2.24, 2.45) is 5.92 Å². The molecule has 0 aromatic heterocycles. The average Bonchev–Trinajstić information content (AvgIpc) is 2.32. The first-order chi connectivity index (χ1) is 8.84. The summed E-state index contributed by atoms with van der Waals surface area (Å²) < 4.78 is 5.40. The molecule has 0 aromatic rings. The molecule has 1 aliphatic rings. The Morgan fingerprint density at radius 3 is 2.63 bits per heavy atom. The van der Waals surface area contributed by atoms with Gasteiger partial charge in [-0.15, -0.1) is 0 Å². The van der Waals surface area contributed by atoms with E-state index in [0.29, 0.717) is 19.8 Å². The molecule has 2 amide bonds. The van der Waals surface area contributed by atoms with Crippen LogP contribution >= 0.6 is 0 Å². The lowest BCUT2D eigenvalue weighted by atomic mass is 9.98. The SMILES string of the molecule is C=C(C)COCCN1C(=O)C(C(C)C)NC(=O)C1C. The van der Waals surface area contributed by atoms with Crippen LogP contribution in [0.4, 0.5) is 0 Å². The van der Waals surface area contributed by atoms with Crippen LogP contribution in [0.3, 0.4) is 0 Å². The van der Waals surface area contributed by atoms with Gasteiger partial charge in [0.1, 0.15) is 12.1 Å². The molecular weight excluding hydrogens is 244 g/mol. The monoisotopic (exact) mass is 268 g/mol. The Morgan fingerprint density at radius 1 is 1.47 bits per heavy atom. The van der Waals surface area contributed by atoms with Crippen molar-refractivity contribution < 1.29 is 14.3 Å². The highest BCUT2D eigenvalue weighted by Gasteiger charge is 2.38. The third-order valence-corrected chi connectivity index (χ3v) is 3.19. The van der Waals surface area contributed by atoms with E-state index < -0.39 is 12.1 Å². The van der Waals surface area contributed by atoms with Gasteiger partial charge in [0.15, 0.2) is 0 Å². The zero-order valence-electron chi connectivity index (χ0n) is 12.2. The topological polar surface area (TPSA) is 58.6 Å². The summed E-state index contributed by atoms with van der Waals surface area (Å²) in [6.07, 6.45) is 0. The number of carbonyl (C=O) groups excluding carboxylic acids is 2. The third-order valence-electron chi connectivity index (χ3n) is 3.19. The fourth-order valence-corrected chi connectivity index (χ4v) is 2.01. The van der Waals surface area contributed by atoms with E-state index in [4.69, 9.17) is 4.74 Å². The number of nitrogens with zero attached hydrogens (tertiary/aromatic N) is 1. The molecule has 0 bridgehead atoms. The summed E-state index contributed by atoms with van der Waals surface area (Å²) in [6, 6.07) is -0.860. The van der Waals surface area contributed by atoms with Crippen LogP contribution in [0.25, 0.3) is 0 Å². The predicted octanol–water partition coefficient (Wildman–Crippen LogP) is 0.951. The van der Waals surface area contributed by atoms with Crippen molar-refractivity contribution in [3.05, 3.63) is 12.2 Å². The average molecular weight is 268 g/mol. The summed E-state index contributed by atoms with van der Waals surface area (Å²) >= 11 is 0. The molecule has 5 nitrogen and oxygen atoms in total. The summed E-state index contributed by atoms with van der Waals surface area (Å²) in [7, 11) is 0. The number of carbonyl (C=O) groups is 2. The molecule has 108 valence electrons. The molecule has 1 rings (SSSR count). The quantitative estimate of drug-likeness (QED) is 0.576. The number of piperazine rings is 1. The van der Waals surface area contributed by atoms with Crippen LogP contribution in [0, 0.1) is 5.92 Å². The number of rotatable bonds is 6. The van der Waals surface area contributed by atoms with Gasteiger partial charge in [0.2, 0.25) is 11.8 Å². The lowest BCUT2D eigenvalue weighted by molar-refractivity contribution is -0.150. The minimum absolute atomic E-state index is 0.0268. The first-order valence-electron chi connectivity index (χ1n) is 6.67. The van der Waals surface area contributed by atoms with E-state index in [2.05, 4.69) is 11.9 Å². The molecule has 19 heavy (non-hydrogen) atoms. The zero-order chi connectivity index (χ0) is 14.6. The van der Waals surface area contributed by atoms with Crippen molar-refractivity contribution >= 4 is 11.8 Å². The van der Waals surface area contributed by atoms with Crippen LogP contribution < -0.4 is 5.32 Å². The number of hydrogen-bond acceptors (Lipinski definition) is 3. The van der Waals surface area contributed by atoms with E-state index in [0.717, 1.165) is 5.57 Å². The maximum atomic E-state index is 12.3. The van der Waals surface area contributed by atoms with Crippen molar-refractivity contribution in [1.82, 2.24) is 10.2 Å². The largest absolute Gasteiger partial charge is 0.375 e. The van der Waals surface area contributed by atoms with Gasteiger partial charge in [0.25, 0.3) is 0 Å². The molecule has 2 atom stereocenters. The molecule has 0 spiro atoms. The molecule has 1 saturated heterocycles. The normalized spacial score (nSPS) is 23.7. The fourth-order valence-electron chi connectivity index (χ4n) is 2.01. The maximum absolute atomic E-state index is 12.3. The fraction of sp³-hybridized carbons (Fsp3) is 0.714. The van der Waals surface area contributed by atoms with E-state index in [1.165, 1.54) is 0 Å². The van der Waals surface area contributed by atoms with E-state index >= 15 is 0 Å². The van der Waals surface area contributed by atoms with Gasteiger partial charge < -0.3 is 15.0 Å². The van der Waals surface area contributed by atoms with E-state index in [1.54, 1.807) is 11.8 Å². The Labute approximate surface area is 115 Å².